The normalized spacial score (nSPS) is 15.4. The summed E-state index contributed by atoms with van der Waals surface area (Å²) in [5.41, 5.74) is 12.7. The van der Waals surface area contributed by atoms with Gasteiger partial charge in [0.05, 0.1) is 12.0 Å². The lowest BCUT2D eigenvalue weighted by Gasteiger charge is -2.19. The van der Waals surface area contributed by atoms with Gasteiger partial charge in [-0.3, -0.25) is 4.79 Å². The number of nitrogens with two attached hydrogens (primary N) is 1. The average molecular weight is 416 g/mol. The van der Waals surface area contributed by atoms with E-state index in [0.29, 0.717) is 17.1 Å². The number of anilines is 2. The van der Waals surface area contributed by atoms with E-state index in [1.54, 1.807) is 6.26 Å². The number of nitrogens with zero attached hydrogens (tertiary/aromatic N) is 2. The van der Waals surface area contributed by atoms with Crippen molar-refractivity contribution in [2.24, 2.45) is 0 Å². The van der Waals surface area contributed by atoms with E-state index in [9.17, 15) is 4.79 Å². The fourth-order valence-corrected chi connectivity index (χ4v) is 5.90. The molecule has 0 unspecified atom stereocenters. The van der Waals surface area contributed by atoms with Crippen LogP contribution in [0, 0.1) is 0 Å². The Hall–Kier alpha value is -3.12. The maximum absolute atomic E-state index is 13.5. The zero-order valence-electron chi connectivity index (χ0n) is 16.5. The molecule has 0 saturated heterocycles. The van der Waals surface area contributed by atoms with Crippen molar-refractivity contribution in [3.05, 3.63) is 64.4 Å². The first-order valence-electron chi connectivity index (χ1n) is 10.4. The van der Waals surface area contributed by atoms with Crippen molar-refractivity contribution in [1.29, 1.82) is 0 Å². The predicted octanol–water partition coefficient (Wildman–Crippen LogP) is 5.22. The molecule has 0 bridgehead atoms. The van der Waals surface area contributed by atoms with Gasteiger partial charge in [0.15, 0.2) is 0 Å². The summed E-state index contributed by atoms with van der Waals surface area (Å²) in [4.78, 5) is 21.7. The molecular formula is C24H21N3O2S. The maximum Gasteiger partial charge on any atom is 0.270 e. The van der Waals surface area contributed by atoms with E-state index in [0.717, 1.165) is 65.0 Å². The van der Waals surface area contributed by atoms with Gasteiger partial charge in [-0.15, -0.1) is 11.3 Å². The second-order valence-corrected chi connectivity index (χ2v) is 8.96. The fraction of sp³-hybridized carbons (Fsp3) is 0.250. The summed E-state index contributed by atoms with van der Waals surface area (Å²) in [5.74, 6) is 0.763. The predicted molar refractivity (Wildman–Crippen MR) is 120 cm³/mol. The van der Waals surface area contributed by atoms with Crippen LogP contribution in [0.3, 0.4) is 0 Å². The van der Waals surface area contributed by atoms with Crippen molar-refractivity contribution in [3.63, 3.8) is 0 Å². The van der Waals surface area contributed by atoms with Gasteiger partial charge in [-0.25, -0.2) is 4.98 Å². The standard InChI is InChI=1S/C24H21N3O2S/c25-21-20-19(18-10-5-13-29-18)15-7-2-3-8-16(15)26-23(20)30-22(21)24(28)27-12-11-14-6-1-4-9-17(14)27/h1,4-6,9-10,13H,2-3,7-8,11-12,25H2. The molecule has 6 heteroatoms. The van der Waals surface area contributed by atoms with Crippen LogP contribution in [0.5, 0.6) is 0 Å². The van der Waals surface area contributed by atoms with Crippen molar-refractivity contribution >= 4 is 38.8 Å². The molecule has 0 saturated carbocycles. The van der Waals surface area contributed by atoms with Crippen LogP contribution < -0.4 is 10.6 Å². The molecule has 0 fully saturated rings. The number of benzene rings is 1. The van der Waals surface area contributed by atoms with Crippen LogP contribution in [0.4, 0.5) is 11.4 Å². The van der Waals surface area contributed by atoms with Crippen LogP contribution in [-0.2, 0) is 19.3 Å². The number of hydrogen-bond acceptors (Lipinski definition) is 5. The Bertz CT molecular complexity index is 1290. The SMILES string of the molecule is Nc1c(C(=O)N2CCc3ccccc32)sc2nc3c(c(-c4ccco4)c12)CCCC3. The molecule has 6 rings (SSSR count). The second kappa shape index (κ2) is 6.71. The maximum atomic E-state index is 13.5. The van der Waals surface area contributed by atoms with E-state index in [4.69, 9.17) is 15.1 Å². The van der Waals surface area contributed by atoms with Gasteiger partial charge < -0.3 is 15.1 Å². The molecule has 1 aromatic carbocycles. The van der Waals surface area contributed by atoms with Crippen molar-refractivity contribution in [1.82, 2.24) is 4.98 Å². The van der Waals surface area contributed by atoms with Gasteiger partial charge in [-0.05, 0) is 61.4 Å². The highest BCUT2D eigenvalue weighted by atomic mass is 32.1. The molecule has 1 aliphatic carbocycles. The number of nitrogen functional groups attached to an aromatic ring is 1. The summed E-state index contributed by atoms with van der Waals surface area (Å²) >= 11 is 1.41. The topological polar surface area (TPSA) is 72.4 Å². The van der Waals surface area contributed by atoms with Crippen LogP contribution in [0.2, 0.25) is 0 Å². The Balaban J connectivity index is 1.55. The third-order valence-electron chi connectivity index (χ3n) is 6.25. The molecular weight excluding hydrogens is 394 g/mol. The first-order chi connectivity index (χ1) is 14.7. The number of rotatable bonds is 2. The number of para-hydroxylation sites is 1. The van der Waals surface area contributed by atoms with Gasteiger partial charge >= 0.3 is 0 Å². The Morgan fingerprint density at radius 2 is 1.97 bits per heavy atom. The highest BCUT2D eigenvalue weighted by Gasteiger charge is 2.31. The number of hydrogen-bond donors (Lipinski definition) is 1. The highest BCUT2D eigenvalue weighted by molar-refractivity contribution is 7.21. The molecule has 5 nitrogen and oxygen atoms in total. The van der Waals surface area contributed by atoms with E-state index < -0.39 is 0 Å². The van der Waals surface area contributed by atoms with Gasteiger partial charge in [0.2, 0.25) is 0 Å². The fourth-order valence-electron chi connectivity index (χ4n) is 4.83. The minimum absolute atomic E-state index is 0.0381. The van der Waals surface area contributed by atoms with Crippen molar-refractivity contribution in [3.8, 4) is 11.3 Å². The van der Waals surface area contributed by atoms with E-state index >= 15 is 0 Å². The largest absolute Gasteiger partial charge is 0.464 e. The Labute approximate surface area is 178 Å². The van der Waals surface area contributed by atoms with Gasteiger partial charge in [-0.1, -0.05) is 18.2 Å². The number of aromatic nitrogens is 1. The summed E-state index contributed by atoms with van der Waals surface area (Å²) < 4.78 is 5.79. The van der Waals surface area contributed by atoms with E-state index in [-0.39, 0.29) is 5.91 Å². The summed E-state index contributed by atoms with van der Waals surface area (Å²) in [7, 11) is 0. The zero-order valence-corrected chi connectivity index (χ0v) is 17.3. The Morgan fingerprint density at radius 1 is 1.10 bits per heavy atom. The van der Waals surface area contributed by atoms with Crippen molar-refractivity contribution in [2.75, 3.05) is 17.2 Å². The number of aryl methyl sites for hydroxylation is 1. The minimum Gasteiger partial charge on any atom is -0.464 e. The minimum atomic E-state index is -0.0381. The number of furan rings is 1. The van der Waals surface area contributed by atoms with Gasteiger partial charge in [0.25, 0.3) is 5.91 Å². The van der Waals surface area contributed by atoms with Crippen LogP contribution in [0.25, 0.3) is 21.5 Å². The molecule has 1 amide bonds. The van der Waals surface area contributed by atoms with E-state index in [1.165, 1.54) is 22.5 Å². The summed E-state index contributed by atoms with van der Waals surface area (Å²) in [6, 6.07) is 12.0. The third kappa shape index (κ3) is 2.53. The molecule has 150 valence electrons. The molecule has 4 aromatic rings. The van der Waals surface area contributed by atoms with Crippen molar-refractivity contribution in [2.45, 2.75) is 32.1 Å². The van der Waals surface area contributed by atoms with E-state index in [1.807, 2.05) is 35.2 Å². The lowest BCUT2D eigenvalue weighted by Crippen LogP contribution is -2.28. The molecule has 4 heterocycles. The first kappa shape index (κ1) is 17.7. The quantitative estimate of drug-likeness (QED) is 0.487. The zero-order chi connectivity index (χ0) is 20.2. The lowest BCUT2D eigenvalue weighted by atomic mass is 9.89. The molecule has 2 N–H and O–H groups in total. The number of pyridine rings is 1. The molecule has 2 aliphatic rings. The molecule has 1 aliphatic heterocycles. The van der Waals surface area contributed by atoms with Gasteiger partial charge in [-0.2, -0.15) is 0 Å². The average Bonchev–Trinajstić information content (AvgIpc) is 3.51. The van der Waals surface area contributed by atoms with Gasteiger partial charge in [0, 0.05) is 28.9 Å². The second-order valence-electron chi connectivity index (χ2n) is 7.96. The molecule has 0 spiro atoms. The number of carbonyl (C=O) groups excluding carboxylic acids is 1. The first-order valence-corrected chi connectivity index (χ1v) is 11.2. The molecule has 3 aromatic heterocycles. The lowest BCUT2D eigenvalue weighted by molar-refractivity contribution is 0.0994. The highest BCUT2D eigenvalue weighted by Crippen LogP contribution is 2.44. The molecule has 0 radical (unpaired) electrons. The van der Waals surface area contributed by atoms with Gasteiger partial charge in [0.1, 0.15) is 15.5 Å². The smallest absolute Gasteiger partial charge is 0.270 e. The summed E-state index contributed by atoms with van der Waals surface area (Å²) in [5, 5.41) is 0.867. The van der Waals surface area contributed by atoms with Crippen molar-refractivity contribution < 1.29 is 9.21 Å². The third-order valence-corrected chi connectivity index (χ3v) is 7.34. The molecule has 0 atom stereocenters. The van der Waals surface area contributed by atoms with Crippen LogP contribution in [-0.4, -0.2) is 17.4 Å². The van der Waals surface area contributed by atoms with Crippen LogP contribution >= 0.6 is 11.3 Å². The monoisotopic (exact) mass is 415 g/mol. The number of fused-ring (bicyclic) bond motifs is 3. The van der Waals surface area contributed by atoms with Crippen LogP contribution in [0.1, 0.15) is 39.3 Å². The number of thiophene rings is 1. The Morgan fingerprint density at radius 3 is 2.83 bits per heavy atom. The van der Waals surface area contributed by atoms with E-state index in [2.05, 4.69) is 6.07 Å². The Kier molecular flexibility index (Phi) is 3.96. The summed E-state index contributed by atoms with van der Waals surface area (Å²) in [6.45, 7) is 0.681. The van der Waals surface area contributed by atoms with Crippen LogP contribution in [0.15, 0.2) is 47.1 Å². The molecule has 30 heavy (non-hydrogen) atoms. The summed E-state index contributed by atoms with van der Waals surface area (Å²) in [6.07, 6.45) is 6.75. The number of carbonyl (C=O) groups is 1. The number of amides is 1.